The molecule has 4 atom stereocenters. The summed E-state index contributed by atoms with van der Waals surface area (Å²) in [5.41, 5.74) is 1.17. The number of nitrogens with zero attached hydrogens (tertiary/aromatic N) is 1. The van der Waals surface area contributed by atoms with Gasteiger partial charge >= 0.3 is 0 Å². The highest BCUT2D eigenvalue weighted by Gasteiger charge is 2.62. The first-order valence-electron chi connectivity index (χ1n) is 11.4. The van der Waals surface area contributed by atoms with Gasteiger partial charge < -0.3 is 19.9 Å². The molecule has 5 rings (SSSR count). The zero-order chi connectivity index (χ0) is 21.9. The maximum Gasteiger partial charge on any atom is 0.290 e. The van der Waals surface area contributed by atoms with E-state index in [2.05, 4.69) is 41.4 Å². The summed E-state index contributed by atoms with van der Waals surface area (Å²) in [5, 5.41) is 10.1. The number of carboxylic acid groups (broad SMARTS) is 1. The van der Waals surface area contributed by atoms with E-state index in [-0.39, 0.29) is 23.4 Å². The lowest BCUT2D eigenvalue weighted by molar-refractivity contribution is -0.126. The van der Waals surface area contributed by atoms with Gasteiger partial charge in [-0.05, 0) is 31.2 Å². The van der Waals surface area contributed by atoms with E-state index in [1.54, 1.807) is 0 Å². The summed E-state index contributed by atoms with van der Waals surface area (Å²) in [6.45, 7) is 7.08. The van der Waals surface area contributed by atoms with Crippen molar-refractivity contribution in [2.24, 2.45) is 17.3 Å². The average Bonchev–Trinajstić information content (AvgIpc) is 3.12. The molecular formula is C24H34N2O5. The highest BCUT2D eigenvalue weighted by Crippen LogP contribution is 2.54. The molecular weight excluding hydrogens is 396 g/mol. The van der Waals surface area contributed by atoms with Crippen LogP contribution in [0.25, 0.3) is 0 Å². The second kappa shape index (κ2) is 9.27. The van der Waals surface area contributed by atoms with Crippen LogP contribution >= 0.6 is 0 Å². The second-order valence-electron chi connectivity index (χ2n) is 9.68. The molecule has 1 saturated carbocycles. The Hall–Kier alpha value is -1.96. The molecule has 170 valence electrons. The van der Waals surface area contributed by atoms with Crippen LogP contribution in [0.5, 0.6) is 0 Å². The topological polar surface area (TPSA) is 88.1 Å². The van der Waals surface area contributed by atoms with E-state index in [1.807, 2.05) is 6.07 Å². The van der Waals surface area contributed by atoms with Crippen molar-refractivity contribution in [1.29, 1.82) is 0 Å². The number of amides is 1. The zero-order valence-electron chi connectivity index (χ0n) is 18.3. The van der Waals surface area contributed by atoms with Crippen LogP contribution in [0.4, 0.5) is 0 Å². The molecule has 7 heteroatoms. The number of likely N-dealkylation sites (tertiary alicyclic amines) is 1. The molecule has 2 bridgehead atoms. The average molecular weight is 431 g/mol. The SMILES string of the molecule is CC1(C(=O)NC[C@H]2[C@H]3CN(CCOCc4ccccc4)C[C@]34CC[C@H]2O4)CC1.O=CO. The van der Waals surface area contributed by atoms with Crippen LogP contribution in [-0.2, 0) is 25.7 Å². The number of ether oxygens (including phenoxy) is 2. The van der Waals surface area contributed by atoms with Gasteiger partial charge in [-0.3, -0.25) is 14.5 Å². The van der Waals surface area contributed by atoms with Gasteiger partial charge in [0.15, 0.2) is 0 Å². The van der Waals surface area contributed by atoms with Crippen LogP contribution in [-0.4, -0.2) is 66.9 Å². The number of carbonyl (C=O) groups excluding carboxylic acids is 1. The summed E-state index contributed by atoms with van der Waals surface area (Å²) in [6.07, 6.45) is 4.73. The van der Waals surface area contributed by atoms with Crippen LogP contribution in [0.2, 0.25) is 0 Å². The van der Waals surface area contributed by atoms with Crippen LogP contribution in [0, 0.1) is 17.3 Å². The monoisotopic (exact) mass is 430 g/mol. The van der Waals surface area contributed by atoms with Crippen molar-refractivity contribution in [1.82, 2.24) is 10.2 Å². The number of carbonyl (C=O) groups is 2. The molecule has 4 fully saturated rings. The molecule has 1 aliphatic carbocycles. The number of hydrogen-bond acceptors (Lipinski definition) is 5. The summed E-state index contributed by atoms with van der Waals surface area (Å²) < 4.78 is 12.4. The predicted molar refractivity (Wildman–Crippen MR) is 115 cm³/mol. The van der Waals surface area contributed by atoms with Gasteiger partial charge in [0.05, 0.1) is 24.9 Å². The Labute approximate surface area is 184 Å². The van der Waals surface area contributed by atoms with Crippen molar-refractivity contribution in [3.05, 3.63) is 35.9 Å². The van der Waals surface area contributed by atoms with Gasteiger partial charge in [-0.1, -0.05) is 37.3 Å². The molecule has 0 unspecified atom stereocenters. The zero-order valence-corrected chi connectivity index (χ0v) is 18.3. The van der Waals surface area contributed by atoms with E-state index >= 15 is 0 Å². The van der Waals surface area contributed by atoms with E-state index in [9.17, 15) is 4.79 Å². The maximum absolute atomic E-state index is 12.4. The standard InChI is InChI=1S/C23H32N2O3.CH2O2/c1-22(9-10-22)21(26)24-13-18-19-14-25(16-23(19)8-7-20(18)28-23)11-12-27-15-17-5-3-2-4-6-17;2-1-3/h2-6,18-20H,7-16H2,1H3,(H,24,26);1H,(H,2,3)/t18-,19+,20+,23+;/m0./s1. The molecule has 4 aliphatic rings. The molecule has 1 amide bonds. The van der Waals surface area contributed by atoms with E-state index < -0.39 is 0 Å². The summed E-state index contributed by atoms with van der Waals surface area (Å²) in [6, 6.07) is 10.3. The quantitative estimate of drug-likeness (QED) is 0.486. The maximum atomic E-state index is 12.4. The Bertz CT molecular complexity index is 768. The summed E-state index contributed by atoms with van der Waals surface area (Å²) >= 11 is 0. The van der Waals surface area contributed by atoms with Gasteiger partial charge in [0.2, 0.25) is 5.91 Å². The molecule has 3 aliphatic heterocycles. The number of rotatable bonds is 8. The molecule has 1 spiro atoms. The largest absolute Gasteiger partial charge is 0.483 e. The lowest BCUT2D eigenvalue weighted by Gasteiger charge is -2.30. The van der Waals surface area contributed by atoms with E-state index in [4.69, 9.17) is 19.4 Å². The fourth-order valence-corrected chi connectivity index (χ4v) is 5.53. The molecule has 3 saturated heterocycles. The minimum atomic E-state index is -0.250. The predicted octanol–water partition coefficient (Wildman–Crippen LogP) is 2.30. The second-order valence-corrected chi connectivity index (χ2v) is 9.68. The third kappa shape index (κ3) is 4.78. The van der Waals surface area contributed by atoms with Crippen molar-refractivity contribution in [3.63, 3.8) is 0 Å². The lowest BCUT2D eigenvalue weighted by Crippen LogP contribution is -2.43. The third-order valence-electron chi connectivity index (χ3n) is 7.56. The van der Waals surface area contributed by atoms with Crippen molar-refractivity contribution in [2.45, 2.75) is 50.9 Å². The molecule has 7 nitrogen and oxygen atoms in total. The molecule has 3 heterocycles. The smallest absolute Gasteiger partial charge is 0.290 e. The van der Waals surface area contributed by atoms with E-state index in [1.165, 1.54) is 12.0 Å². The Morgan fingerprint density at radius 2 is 2.06 bits per heavy atom. The first-order chi connectivity index (χ1) is 15.0. The van der Waals surface area contributed by atoms with Crippen molar-refractivity contribution in [3.8, 4) is 0 Å². The third-order valence-corrected chi connectivity index (χ3v) is 7.56. The molecule has 0 aromatic heterocycles. The molecule has 1 aromatic rings. The number of hydrogen-bond donors (Lipinski definition) is 2. The minimum absolute atomic E-state index is 0.0307. The highest BCUT2D eigenvalue weighted by atomic mass is 16.5. The Morgan fingerprint density at radius 1 is 1.32 bits per heavy atom. The Morgan fingerprint density at radius 3 is 2.77 bits per heavy atom. The van der Waals surface area contributed by atoms with Gasteiger partial charge in [0.1, 0.15) is 0 Å². The number of benzene rings is 1. The van der Waals surface area contributed by atoms with Crippen LogP contribution < -0.4 is 5.32 Å². The van der Waals surface area contributed by atoms with Crippen LogP contribution in [0.1, 0.15) is 38.2 Å². The normalized spacial score (nSPS) is 32.1. The van der Waals surface area contributed by atoms with Gasteiger partial charge in [-0.2, -0.15) is 0 Å². The molecule has 0 radical (unpaired) electrons. The lowest BCUT2D eigenvalue weighted by atomic mass is 9.73. The number of fused-ring (bicyclic) bond motifs is 1. The first-order valence-corrected chi connectivity index (χ1v) is 11.4. The summed E-state index contributed by atoms with van der Waals surface area (Å²) in [7, 11) is 0. The van der Waals surface area contributed by atoms with Crippen molar-refractivity contribution < 1.29 is 24.2 Å². The van der Waals surface area contributed by atoms with Crippen molar-refractivity contribution >= 4 is 12.4 Å². The fourth-order valence-electron chi connectivity index (χ4n) is 5.53. The first kappa shape index (κ1) is 22.2. The van der Waals surface area contributed by atoms with Gasteiger partial charge in [-0.15, -0.1) is 0 Å². The Balaban J connectivity index is 0.000000730. The van der Waals surface area contributed by atoms with Crippen LogP contribution in [0.3, 0.4) is 0 Å². The molecule has 2 N–H and O–H groups in total. The van der Waals surface area contributed by atoms with Crippen molar-refractivity contribution in [2.75, 3.05) is 32.8 Å². The fraction of sp³-hybridized carbons (Fsp3) is 0.667. The summed E-state index contributed by atoms with van der Waals surface area (Å²) in [5.74, 6) is 1.26. The Kier molecular flexibility index (Phi) is 6.65. The minimum Gasteiger partial charge on any atom is -0.483 e. The number of nitrogens with one attached hydrogen (secondary N) is 1. The molecule has 1 aromatic carbocycles. The summed E-state index contributed by atoms with van der Waals surface area (Å²) in [4.78, 5) is 23.2. The van der Waals surface area contributed by atoms with E-state index in [0.29, 0.717) is 24.5 Å². The van der Waals surface area contributed by atoms with E-state index in [0.717, 1.165) is 52.0 Å². The van der Waals surface area contributed by atoms with Gasteiger partial charge in [-0.25, -0.2) is 0 Å². The molecule has 31 heavy (non-hydrogen) atoms. The van der Waals surface area contributed by atoms with Crippen LogP contribution in [0.15, 0.2) is 30.3 Å². The van der Waals surface area contributed by atoms with Gasteiger partial charge in [0.25, 0.3) is 6.47 Å². The van der Waals surface area contributed by atoms with Gasteiger partial charge in [0, 0.05) is 43.4 Å². The highest BCUT2D eigenvalue weighted by molar-refractivity contribution is 5.84.